The molecule has 10 aromatic carbocycles. The molecule has 0 unspecified atom stereocenters. The fraction of sp³-hybridized carbons (Fsp3) is 0.147. The number of ether oxygens (including phenoxy) is 2. The van der Waals surface area contributed by atoms with Gasteiger partial charge in [0.1, 0.15) is 23.0 Å². The van der Waals surface area contributed by atoms with Crippen molar-refractivity contribution in [2.24, 2.45) is 0 Å². The van der Waals surface area contributed by atoms with Gasteiger partial charge < -0.3 is 14.4 Å². The molecule has 0 amide bonds. The minimum absolute atomic E-state index is 0.0912. The van der Waals surface area contributed by atoms with E-state index in [9.17, 15) is 0 Å². The van der Waals surface area contributed by atoms with Crippen LogP contribution >= 0.6 is 0 Å². The van der Waals surface area contributed by atoms with E-state index < -0.39 is 10.8 Å². The van der Waals surface area contributed by atoms with Crippen molar-refractivity contribution in [1.82, 2.24) is 0 Å². The highest BCUT2D eigenvalue weighted by Crippen LogP contribution is 2.66. The molecule has 4 aliphatic rings. The van der Waals surface area contributed by atoms with Gasteiger partial charge in [0, 0.05) is 38.9 Å². The van der Waals surface area contributed by atoms with Crippen molar-refractivity contribution in [3.8, 4) is 45.3 Å². The normalized spacial score (nSPS) is 14.8. The van der Waals surface area contributed by atoms with Gasteiger partial charge in [0.05, 0.1) is 22.2 Å². The van der Waals surface area contributed by atoms with Crippen molar-refractivity contribution < 1.29 is 9.47 Å². The standard InChI is InChI=1S/C68H53NO2/c1-65(2,3)43-33-36-61-55(39-43)68(56-40-44(66(4,5)6)34-37-62(56)71-61)52-27-14-11-24-49(52)64-54(68)29-18-31-59(64)69(58-30-17-20-42-19-7-8-21-46(42)58)45-35-38-63-57(41-45)67(53-28-15-16-32-60(53)70-63)50-25-12-9-22-47(50)48-23-10-13-26-51(48)67/h7-41H,1-6H3. The molecule has 2 aliphatic carbocycles. The van der Waals surface area contributed by atoms with E-state index in [4.69, 9.17) is 9.47 Å². The number of hydrogen-bond donors (Lipinski definition) is 0. The van der Waals surface area contributed by atoms with Crippen LogP contribution in [0.25, 0.3) is 33.0 Å². The predicted octanol–water partition coefficient (Wildman–Crippen LogP) is 17.8. The Bertz CT molecular complexity index is 3770. The lowest BCUT2D eigenvalue weighted by molar-refractivity contribution is 0.433. The van der Waals surface area contributed by atoms with E-state index in [1.807, 2.05) is 0 Å². The van der Waals surface area contributed by atoms with E-state index in [1.165, 1.54) is 77.5 Å². The Balaban J connectivity index is 1.10. The zero-order valence-electron chi connectivity index (χ0n) is 41.0. The Morgan fingerprint density at radius 1 is 0.338 bits per heavy atom. The van der Waals surface area contributed by atoms with Gasteiger partial charge in [-0.15, -0.1) is 0 Å². The lowest BCUT2D eigenvalue weighted by Crippen LogP contribution is -2.33. The molecule has 0 saturated heterocycles. The quantitative estimate of drug-likeness (QED) is 0.176. The minimum Gasteiger partial charge on any atom is -0.457 e. The van der Waals surface area contributed by atoms with Crippen LogP contribution in [0.2, 0.25) is 0 Å². The van der Waals surface area contributed by atoms with E-state index in [2.05, 4.69) is 259 Å². The van der Waals surface area contributed by atoms with Gasteiger partial charge in [-0.3, -0.25) is 0 Å². The second-order valence-electron chi connectivity index (χ2n) is 22.0. The van der Waals surface area contributed by atoms with Gasteiger partial charge in [-0.05, 0) is 127 Å². The molecule has 71 heavy (non-hydrogen) atoms. The molecule has 3 nitrogen and oxygen atoms in total. The Morgan fingerprint density at radius 2 is 0.775 bits per heavy atom. The van der Waals surface area contributed by atoms with Crippen LogP contribution in [0.1, 0.15) is 97.2 Å². The molecule has 0 atom stereocenters. The van der Waals surface area contributed by atoms with Crippen LogP contribution in [0.5, 0.6) is 23.0 Å². The highest BCUT2D eigenvalue weighted by Gasteiger charge is 2.54. The summed E-state index contributed by atoms with van der Waals surface area (Å²) in [4.78, 5) is 2.54. The molecular formula is C68H53NO2. The summed E-state index contributed by atoms with van der Waals surface area (Å²) >= 11 is 0. The third kappa shape index (κ3) is 5.66. The highest BCUT2D eigenvalue weighted by molar-refractivity contribution is 6.04. The van der Waals surface area contributed by atoms with Crippen molar-refractivity contribution in [2.45, 2.75) is 63.2 Å². The van der Waals surface area contributed by atoms with E-state index in [0.717, 1.165) is 51.2 Å². The molecule has 2 aliphatic heterocycles. The monoisotopic (exact) mass is 915 g/mol. The SMILES string of the molecule is CC(C)(C)c1ccc2c(c1)C1(c3cc(C(C)(C)C)ccc3O2)c2ccccc2-c2c(N(c3ccc4c(c3)C3(c5ccccc5O4)c4ccccc4-c4ccccc43)c3cccc4ccccc34)cccc21. The summed E-state index contributed by atoms with van der Waals surface area (Å²) < 4.78 is 14.1. The summed E-state index contributed by atoms with van der Waals surface area (Å²) in [5, 5.41) is 2.35. The fourth-order valence-electron chi connectivity index (χ4n) is 12.9. The summed E-state index contributed by atoms with van der Waals surface area (Å²) in [6.07, 6.45) is 0. The van der Waals surface area contributed by atoms with Crippen LogP contribution < -0.4 is 14.4 Å². The van der Waals surface area contributed by atoms with Gasteiger partial charge in [0.2, 0.25) is 0 Å². The lowest BCUT2D eigenvalue weighted by atomic mass is 9.64. The van der Waals surface area contributed by atoms with Crippen molar-refractivity contribution in [3.05, 3.63) is 268 Å². The predicted molar refractivity (Wildman–Crippen MR) is 291 cm³/mol. The lowest BCUT2D eigenvalue weighted by Gasteiger charge is -2.41. The number of benzene rings is 10. The summed E-state index contributed by atoms with van der Waals surface area (Å²) in [5.41, 5.74) is 18.9. The Kier molecular flexibility index (Phi) is 8.65. The first-order valence-electron chi connectivity index (χ1n) is 25.1. The number of fused-ring (bicyclic) bond motifs is 19. The summed E-state index contributed by atoms with van der Waals surface area (Å²) in [7, 11) is 0. The van der Waals surface area contributed by atoms with Crippen LogP contribution in [0.15, 0.2) is 212 Å². The molecule has 0 radical (unpaired) electrons. The number of rotatable bonds is 3. The van der Waals surface area contributed by atoms with E-state index in [1.54, 1.807) is 0 Å². The van der Waals surface area contributed by atoms with E-state index in [-0.39, 0.29) is 10.8 Å². The number of nitrogens with zero attached hydrogens (tertiary/aromatic N) is 1. The van der Waals surface area contributed by atoms with Crippen molar-refractivity contribution in [2.75, 3.05) is 4.90 Å². The van der Waals surface area contributed by atoms with Gasteiger partial charge in [0.15, 0.2) is 0 Å². The van der Waals surface area contributed by atoms with Crippen LogP contribution in [-0.4, -0.2) is 0 Å². The molecule has 0 aromatic heterocycles. The van der Waals surface area contributed by atoms with Gasteiger partial charge in [0.25, 0.3) is 0 Å². The first kappa shape index (κ1) is 41.8. The third-order valence-electron chi connectivity index (χ3n) is 16.1. The molecule has 0 bridgehead atoms. The second kappa shape index (κ2) is 14.7. The second-order valence-corrected chi connectivity index (χ2v) is 22.0. The fourth-order valence-corrected chi connectivity index (χ4v) is 12.9. The molecule has 2 heterocycles. The molecular weight excluding hydrogens is 863 g/mol. The molecule has 14 rings (SSSR count). The molecule has 2 spiro atoms. The van der Waals surface area contributed by atoms with Gasteiger partial charge in [-0.1, -0.05) is 193 Å². The van der Waals surface area contributed by atoms with Gasteiger partial charge in [-0.25, -0.2) is 0 Å². The summed E-state index contributed by atoms with van der Waals surface area (Å²) in [6, 6.07) is 79.1. The van der Waals surface area contributed by atoms with Crippen LogP contribution in [0.4, 0.5) is 17.1 Å². The maximum absolute atomic E-state index is 7.05. The molecule has 0 N–H and O–H groups in total. The topological polar surface area (TPSA) is 21.7 Å². The van der Waals surface area contributed by atoms with Gasteiger partial charge in [-0.2, -0.15) is 0 Å². The molecule has 10 aromatic rings. The van der Waals surface area contributed by atoms with Crippen LogP contribution in [0.3, 0.4) is 0 Å². The average molecular weight is 916 g/mol. The third-order valence-corrected chi connectivity index (χ3v) is 16.1. The molecule has 3 heteroatoms. The van der Waals surface area contributed by atoms with Crippen molar-refractivity contribution >= 4 is 27.8 Å². The Morgan fingerprint density at radius 3 is 1.41 bits per heavy atom. The average Bonchev–Trinajstić information content (AvgIpc) is 3.85. The van der Waals surface area contributed by atoms with E-state index >= 15 is 0 Å². The van der Waals surface area contributed by atoms with E-state index in [0.29, 0.717) is 0 Å². The number of anilines is 3. The molecule has 0 fully saturated rings. The highest BCUT2D eigenvalue weighted by atomic mass is 16.5. The summed E-state index contributed by atoms with van der Waals surface area (Å²) in [6.45, 7) is 13.8. The zero-order valence-corrected chi connectivity index (χ0v) is 41.0. The van der Waals surface area contributed by atoms with Crippen molar-refractivity contribution in [1.29, 1.82) is 0 Å². The number of hydrogen-bond acceptors (Lipinski definition) is 3. The van der Waals surface area contributed by atoms with Gasteiger partial charge >= 0.3 is 0 Å². The number of para-hydroxylation sites is 1. The largest absolute Gasteiger partial charge is 0.457 e. The molecule has 0 saturated carbocycles. The maximum atomic E-state index is 7.05. The summed E-state index contributed by atoms with van der Waals surface area (Å²) in [5.74, 6) is 3.53. The molecule has 342 valence electrons. The first-order chi connectivity index (χ1) is 34.5. The Labute approximate surface area is 416 Å². The van der Waals surface area contributed by atoms with Crippen LogP contribution in [-0.2, 0) is 21.7 Å². The van der Waals surface area contributed by atoms with Crippen LogP contribution in [0, 0.1) is 0 Å². The van der Waals surface area contributed by atoms with Crippen molar-refractivity contribution in [3.63, 3.8) is 0 Å². The Hall–Kier alpha value is -8.14. The first-order valence-corrected chi connectivity index (χ1v) is 25.1. The minimum atomic E-state index is -0.688. The zero-order chi connectivity index (χ0) is 48.0. The smallest absolute Gasteiger partial charge is 0.132 e. The maximum Gasteiger partial charge on any atom is 0.132 e.